The topological polar surface area (TPSA) is 67.6 Å². The number of aromatic nitrogens is 1. The number of urea groups is 1. The second kappa shape index (κ2) is 7.95. The van der Waals surface area contributed by atoms with Gasteiger partial charge in [0.25, 0.3) is 0 Å². The highest BCUT2D eigenvalue weighted by Gasteiger charge is 2.19. The predicted octanol–water partition coefficient (Wildman–Crippen LogP) is 2.96. The summed E-state index contributed by atoms with van der Waals surface area (Å²) >= 11 is 1.57. The average Bonchev–Trinajstić information content (AvgIpc) is 3.14. The molecule has 7 heteroatoms. The summed E-state index contributed by atoms with van der Waals surface area (Å²) in [6.45, 7) is 5.24. The minimum atomic E-state index is -0.161. The van der Waals surface area contributed by atoms with Crippen molar-refractivity contribution in [1.82, 2.24) is 15.2 Å². The number of hydrogen-bond donors (Lipinski definition) is 1. The Morgan fingerprint density at radius 3 is 3.00 bits per heavy atom. The Morgan fingerprint density at radius 1 is 1.59 bits per heavy atom. The smallest absolute Gasteiger partial charge is 0.318 e. The van der Waals surface area contributed by atoms with Crippen LogP contribution in [0.4, 0.5) is 4.79 Å². The van der Waals surface area contributed by atoms with Crippen molar-refractivity contribution in [2.75, 3.05) is 20.3 Å². The van der Waals surface area contributed by atoms with E-state index >= 15 is 0 Å². The highest BCUT2D eigenvalue weighted by Crippen LogP contribution is 2.16. The van der Waals surface area contributed by atoms with E-state index in [4.69, 9.17) is 9.15 Å². The Balaban J connectivity index is 1.98. The Hall–Kier alpha value is -1.86. The number of rotatable bonds is 7. The van der Waals surface area contributed by atoms with Crippen molar-refractivity contribution in [1.29, 1.82) is 0 Å². The van der Waals surface area contributed by atoms with Crippen molar-refractivity contribution in [3.8, 4) is 0 Å². The van der Waals surface area contributed by atoms with Crippen LogP contribution in [0.25, 0.3) is 0 Å². The molecule has 1 atom stereocenters. The summed E-state index contributed by atoms with van der Waals surface area (Å²) in [7, 11) is 1.61. The standard InChI is InChI=1S/C15H21N3O3S/c1-11(14-10-22-12(2)17-14)16-15(19)18(6-8-20-3)9-13-5-4-7-21-13/h4-5,7,10-11H,6,8-9H2,1-3H3,(H,16,19)/t11-/m0/s1. The zero-order chi connectivity index (χ0) is 15.9. The first kappa shape index (κ1) is 16.5. The third-order valence-electron chi connectivity index (χ3n) is 3.20. The number of nitrogens with zero attached hydrogens (tertiary/aromatic N) is 2. The SMILES string of the molecule is COCCN(Cc1ccco1)C(=O)N[C@@H](C)c1csc(C)n1. The molecule has 2 aromatic heterocycles. The minimum Gasteiger partial charge on any atom is -0.467 e. The van der Waals surface area contributed by atoms with Crippen LogP contribution in [-0.2, 0) is 11.3 Å². The van der Waals surface area contributed by atoms with Gasteiger partial charge in [-0.05, 0) is 26.0 Å². The number of hydrogen-bond acceptors (Lipinski definition) is 5. The molecule has 0 aromatic carbocycles. The summed E-state index contributed by atoms with van der Waals surface area (Å²) in [6.07, 6.45) is 1.60. The molecular formula is C15H21N3O3S. The molecule has 0 unspecified atom stereocenters. The van der Waals surface area contributed by atoms with Crippen molar-refractivity contribution in [2.45, 2.75) is 26.4 Å². The molecule has 2 rings (SSSR count). The third-order valence-corrected chi connectivity index (χ3v) is 3.99. The van der Waals surface area contributed by atoms with E-state index in [1.54, 1.807) is 29.6 Å². The number of ether oxygens (including phenoxy) is 1. The van der Waals surface area contributed by atoms with Crippen molar-refractivity contribution in [2.24, 2.45) is 0 Å². The van der Waals surface area contributed by atoms with Gasteiger partial charge >= 0.3 is 6.03 Å². The van der Waals surface area contributed by atoms with Gasteiger partial charge in [0.05, 0.1) is 36.2 Å². The van der Waals surface area contributed by atoms with Crippen molar-refractivity contribution < 1.29 is 13.9 Å². The predicted molar refractivity (Wildman–Crippen MR) is 84.8 cm³/mol. The lowest BCUT2D eigenvalue weighted by atomic mass is 10.2. The highest BCUT2D eigenvalue weighted by molar-refractivity contribution is 7.09. The molecule has 2 aromatic rings. The Labute approximate surface area is 134 Å². The monoisotopic (exact) mass is 323 g/mol. The van der Waals surface area contributed by atoms with Gasteiger partial charge in [-0.25, -0.2) is 9.78 Å². The number of carbonyl (C=O) groups excluding carboxylic acids is 1. The van der Waals surface area contributed by atoms with E-state index in [9.17, 15) is 4.79 Å². The highest BCUT2D eigenvalue weighted by atomic mass is 32.1. The molecule has 2 amide bonds. The van der Waals surface area contributed by atoms with E-state index < -0.39 is 0 Å². The number of nitrogens with one attached hydrogen (secondary N) is 1. The fourth-order valence-electron chi connectivity index (χ4n) is 1.97. The van der Waals surface area contributed by atoms with Crippen LogP contribution in [0, 0.1) is 6.92 Å². The Bertz CT molecular complexity index is 583. The number of amides is 2. The first-order valence-corrected chi connectivity index (χ1v) is 7.97. The molecule has 6 nitrogen and oxygen atoms in total. The maximum absolute atomic E-state index is 12.5. The number of thiazole rings is 1. The molecule has 22 heavy (non-hydrogen) atoms. The fraction of sp³-hybridized carbons (Fsp3) is 0.467. The second-order valence-corrected chi connectivity index (χ2v) is 6.02. The van der Waals surface area contributed by atoms with Crippen LogP contribution in [0.2, 0.25) is 0 Å². The maximum Gasteiger partial charge on any atom is 0.318 e. The minimum absolute atomic E-state index is 0.140. The molecule has 0 aliphatic heterocycles. The van der Waals surface area contributed by atoms with E-state index in [2.05, 4.69) is 10.3 Å². The van der Waals surface area contributed by atoms with Crippen LogP contribution < -0.4 is 5.32 Å². The molecule has 0 fully saturated rings. The van der Waals surface area contributed by atoms with Crippen molar-refractivity contribution >= 4 is 17.4 Å². The fourth-order valence-corrected chi connectivity index (χ4v) is 2.68. The van der Waals surface area contributed by atoms with E-state index in [1.165, 1.54) is 0 Å². The number of carbonyl (C=O) groups is 1. The molecular weight excluding hydrogens is 302 g/mol. The average molecular weight is 323 g/mol. The molecule has 120 valence electrons. The zero-order valence-electron chi connectivity index (χ0n) is 13.0. The Morgan fingerprint density at radius 2 is 2.41 bits per heavy atom. The van der Waals surface area contributed by atoms with Gasteiger partial charge in [-0.2, -0.15) is 0 Å². The number of aryl methyl sites for hydroxylation is 1. The van der Waals surface area contributed by atoms with Gasteiger partial charge in [0.15, 0.2) is 0 Å². The molecule has 0 saturated heterocycles. The second-order valence-electron chi connectivity index (χ2n) is 4.96. The van der Waals surface area contributed by atoms with Crippen LogP contribution in [-0.4, -0.2) is 36.2 Å². The van der Waals surface area contributed by atoms with E-state index in [0.29, 0.717) is 19.7 Å². The quantitative estimate of drug-likeness (QED) is 0.850. The molecule has 1 N–H and O–H groups in total. The van der Waals surface area contributed by atoms with Crippen LogP contribution in [0.15, 0.2) is 28.2 Å². The largest absolute Gasteiger partial charge is 0.467 e. The molecule has 0 aliphatic rings. The van der Waals surface area contributed by atoms with Crippen LogP contribution in [0.3, 0.4) is 0 Å². The lowest BCUT2D eigenvalue weighted by Crippen LogP contribution is -2.42. The van der Waals surface area contributed by atoms with Crippen LogP contribution in [0.1, 0.15) is 29.4 Å². The molecule has 0 radical (unpaired) electrons. The molecule has 0 spiro atoms. The van der Waals surface area contributed by atoms with Gasteiger partial charge < -0.3 is 19.4 Å². The number of furan rings is 1. The molecule has 0 aliphatic carbocycles. The van der Waals surface area contributed by atoms with Gasteiger partial charge in [-0.3, -0.25) is 0 Å². The molecule has 0 bridgehead atoms. The van der Waals surface area contributed by atoms with Gasteiger partial charge in [0.2, 0.25) is 0 Å². The first-order valence-electron chi connectivity index (χ1n) is 7.09. The van der Waals surface area contributed by atoms with Crippen molar-refractivity contribution in [3.63, 3.8) is 0 Å². The van der Waals surface area contributed by atoms with Gasteiger partial charge in [-0.15, -0.1) is 11.3 Å². The van der Waals surface area contributed by atoms with Crippen molar-refractivity contribution in [3.05, 3.63) is 40.2 Å². The van der Waals surface area contributed by atoms with Gasteiger partial charge in [0, 0.05) is 19.0 Å². The normalized spacial score (nSPS) is 12.1. The summed E-state index contributed by atoms with van der Waals surface area (Å²) in [5.41, 5.74) is 0.876. The van der Waals surface area contributed by atoms with Crippen LogP contribution in [0.5, 0.6) is 0 Å². The van der Waals surface area contributed by atoms with E-state index in [0.717, 1.165) is 16.5 Å². The first-order chi connectivity index (χ1) is 10.6. The summed E-state index contributed by atoms with van der Waals surface area (Å²) in [5, 5.41) is 5.92. The third kappa shape index (κ3) is 4.57. The Kier molecular flexibility index (Phi) is 5.97. The lowest BCUT2D eigenvalue weighted by molar-refractivity contribution is 0.141. The summed E-state index contributed by atoms with van der Waals surface area (Å²) in [5.74, 6) is 0.739. The summed E-state index contributed by atoms with van der Waals surface area (Å²) in [4.78, 5) is 18.5. The lowest BCUT2D eigenvalue weighted by Gasteiger charge is -2.23. The van der Waals surface area contributed by atoms with Gasteiger partial charge in [0.1, 0.15) is 5.76 Å². The molecule has 0 saturated carbocycles. The summed E-state index contributed by atoms with van der Waals surface area (Å²) < 4.78 is 10.4. The maximum atomic E-state index is 12.5. The van der Waals surface area contributed by atoms with Gasteiger partial charge in [-0.1, -0.05) is 0 Å². The van der Waals surface area contributed by atoms with Crippen LogP contribution >= 0.6 is 11.3 Å². The number of methoxy groups -OCH3 is 1. The van der Waals surface area contributed by atoms with E-state index in [-0.39, 0.29) is 12.1 Å². The van der Waals surface area contributed by atoms with E-state index in [1.807, 2.05) is 31.4 Å². The zero-order valence-corrected chi connectivity index (χ0v) is 13.9. The molecule has 2 heterocycles. The summed E-state index contributed by atoms with van der Waals surface area (Å²) in [6, 6.07) is 3.36.